The number of rotatable bonds is 1. The zero-order valence-corrected chi connectivity index (χ0v) is 3.73. The van der Waals surface area contributed by atoms with Gasteiger partial charge < -0.3 is 11.2 Å². The first-order valence-electron chi connectivity index (χ1n) is 1.66. The van der Waals surface area contributed by atoms with Crippen molar-refractivity contribution < 1.29 is 0 Å². The molecule has 4 heteroatoms. The summed E-state index contributed by atoms with van der Waals surface area (Å²) in [4.78, 5) is 0. The number of nitrogens with one attached hydrogen (secondary N) is 1. The fourth-order valence-corrected chi connectivity index (χ4v) is 0.0481. The van der Waals surface area contributed by atoms with Crippen molar-refractivity contribution in [3.05, 3.63) is 11.8 Å². The molecular weight excluding hydrogens is 76.9 g/mol. The van der Waals surface area contributed by atoms with Crippen molar-refractivity contribution in [2.24, 2.45) is 11.6 Å². The molecule has 0 aromatic carbocycles. The number of hydrazine groups is 1. The second-order valence-electron chi connectivity index (χ2n) is 0.994. The molecule has 0 aliphatic carbocycles. The minimum absolute atomic E-state index is 0.773. The van der Waals surface area contributed by atoms with Crippen LogP contribution in [0.3, 0.4) is 0 Å². The standard InChI is InChI=1S/C2H8BN3/c3-2(1-4)6-5/h1,6H,3-5H2/b2-1-. The van der Waals surface area contributed by atoms with Gasteiger partial charge in [-0.15, -0.1) is 0 Å². The highest BCUT2D eigenvalue weighted by atomic mass is 15.2. The SMILES string of the molecule is B/C(=C/N)NN. The molecule has 0 saturated carbocycles. The molecular formula is C2H8BN3. The van der Waals surface area contributed by atoms with Gasteiger partial charge in [-0.05, 0) is 5.60 Å². The molecule has 0 bridgehead atoms. The smallest absolute Gasteiger partial charge is 0.164 e. The first-order chi connectivity index (χ1) is 2.81. The predicted octanol–water partition coefficient (Wildman–Crippen LogP) is -2.16. The molecule has 0 aliphatic rings. The van der Waals surface area contributed by atoms with Crippen LogP contribution >= 0.6 is 0 Å². The molecule has 6 heavy (non-hydrogen) atoms. The first-order valence-corrected chi connectivity index (χ1v) is 1.66. The molecule has 0 radical (unpaired) electrons. The maximum Gasteiger partial charge on any atom is 0.164 e. The Kier molecular flexibility index (Phi) is 2.32. The predicted molar refractivity (Wildman–Crippen MR) is 28.1 cm³/mol. The Morgan fingerprint density at radius 3 is 2.33 bits per heavy atom. The Morgan fingerprint density at radius 1 is 1.83 bits per heavy atom. The van der Waals surface area contributed by atoms with Crippen LogP contribution in [0.5, 0.6) is 0 Å². The summed E-state index contributed by atoms with van der Waals surface area (Å²) in [5.41, 5.74) is 8.10. The largest absolute Gasteiger partial charge is 0.404 e. The highest BCUT2D eigenvalue weighted by molar-refractivity contribution is 6.20. The lowest BCUT2D eigenvalue weighted by molar-refractivity contribution is 0.939. The summed E-state index contributed by atoms with van der Waals surface area (Å²) in [5, 5.41) is 0. The van der Waals surface area contributed by atoms with Gasteiger partial charge in [-0.25, -0.2) is 0 Å². The Labute approximate surface area is 37.8 Å². The van der Waals surface area contributed by atoms with Gasteiger partial charge in [-0.3, -0.25) is 5.84 Å². The van der Waals surface area contributed by atoms with Gasteiger partial charge in [0.2, 0.25) is 0 Å². The Balaban J connectivity index is 3.22. The van der Waals surface area contributed by atoms with Gasteiger partial charge in [0.25, 0.3) is 0 Å². The third kappa shape index (κ3) is 1.66. The van der Waals surface area contributed by atoms with Crippen molar-refractivity contribution in [3.63, 3.8) is 0 Å². The van der Waals surface area contributed by atoms with E-state index in [1.807, 2.05) is 0 Å². The van der Waals surface area contributed by atoms with Gasteiger partial charge in [0.05, 0.1) is 0 Å². The summed E-state index contributed by atoms with van der Waals surface area (Å²) in [7, 11) is 1.78. The molecule has 0 atom stereocenters. The fraction of sp³-hybridized carbons (Fsp3) is 0. The van der Waals surface area contributed by atoms with Crippen molar-refractivity contribution >= 4 is 7.85 Å². The zero-order chi connectivity index (χ0) is 4.99. The van der Waals surface area contributed by atoms with Crippen molar-refractivity contribution in [1.29, 1.82) is 0 Å². The lowest BCUT2D eigenvalue weighted by atomic mass is 10.1. The summed E-state index contributed by atoms with van der Waals surface area (Å²) in [6.07, 6.45) is 1.40. The molecule has 34 valence electrons. The maximum atomic E-state index is 4.98. The summed E-state index contributed by atoms with van der Waals surface area (Å²) in [6.45, 7) is 0. The molecule has 3 nitrogen and oxygen atoms in total. The highest BCUT2D eigenvalue weighted by Crippen LogP contribution is 1.63. The van der Waals surface area contributed by atoms with Crippen LogP contribution in [-0.2, 0) is 0 Å². The van der Waals surface area contributed by atoms with Gasteiger partial charge >= 0.3 is 0 Å². The summed E-state index contributed by atoms with van der Waals surface area (Å²) in [5.74, 6) is 4.88. The molecule has 0 amide bonds. The van der Waals surface area contributed by atoms with Crippen LogP contribution in [0.25, 0.3) is 0 Å². The van der Waals surface area contributed by atoms with Gasteiger partial charge in [0, 0.05) is 6.20 Å². The molecule has 0 rings (SSSR count). The Morgan fingerprint density at radius 2 is 2.33 bits per heavy atom. The number of hydrogen-bond donors (Lipinski definition) is 3. The van der Waals surface area contributed by atoms with E-state index in [4.69, 9.17) is 11.6 Å². The quantitative estimate of drug-likeness (QED) is 0.193. The van der Waals surface area contributed by atoms with Crippen molar-refractivity contribution in [3.8, 4) is 0 Å². The summed E-state index contributed by atoms with van der Waals surface area (Å²) in [6, 6.07) is 0. The van der Waals surface area contributed by atoms with E-state index >= 15 is 0 Å². The van der Waals surface area contributed by atoms with Crippen LogP contribution in [-0.4, -0.2) is 7.85 Å². The van der Waals surface area contributed by atoms with E-state index in [1.54, 1.807) is 7.85 Å². The third-order valence-electron chi connectivity index (χ3n) is 0.478. The van der Waals surface area contributed by atoms with Crippen LogP contribution in [0.15, 0.2) is 11.8 Å². The molecule has 0 aromatic heterocycles. The second kappa shape index (κ2) is 2.59. The van der Waals surface area contributed by atoms with E-state index in [0.717, 1.165) is 5.60 Å². The van der Waals surface area contributed by atoms with Crippen LogP contribution in [0.4, 0.5) is 0 Å². The van der Waals surface area contributed by atoms with Gasteiger partial charge in [-0.2, -0.15) is 0 Å². The van der Waals surface area contributed by atoms with Crippen LogP contribution in [0, 0.1) is 0 Å². The minimum atomic E-state index is 0.773. The molecule has 5 N–H and O–H groups in total. The molecule has 0 heterocycles. The molecule has 0 spiro atoms. The fourth-order valence-electron chi connectivity index (χ4n) is 0.0481. The van der Waals surface area contributed by atoms with Crippen LogP contribution < -0.4 is 17.0 Å². The van der Waals surface area contributed by atoms with Gasteiger partial charge in [0.1, 0.15) is 0 Å². The average Bonchev–Trinajstić information content (AvgIpc) is 1.65. The van der Waals surface area contributed by atoms with E-state index in [2.05, 4.69) is 5.43 Å². The van der Waals surface area contributed by atoms with Gasteiger partial charge in [-0.1, -0.05) is 0 Å². The molecule has 0 fully saturated rings. The monoisotopic (exact) mass is 85.1 g/mol. The van der Waals surface area contributed by atoms with E-state index in [1.165, 1.54) is 6.20 Å². The van der Waals surface area contributed by atoms with Crippen molar-refractivity contribution in [2.45, 2.75) is 0 Å². The van der Waals surface area contributed by atoms with Crippen LogP contribution in [0.1, 0.15) is 0 Å². The van der Waals surface area contributed by atoms with Crippen molar-refractivity contribution in [1.82, 2.24) is 5.43 Å². The normalized spacial score (nSPS) is 11.2. The van der Waals surface area contributed by atoms with Crippen LogP contribution in [0.2, 0.25) is 0 Å². The lowest BCUT2D eigenvalue weighted by Gasteiger charge is -1.91. The summed E-state index contributed by atoms with van der Waals surface area (Å²) < 4.78 is 0. The second-order valence-corrected chi connectivity index (χ2v) is 0.994. The van der Waals surface area contributed by atoms with Crippen molar-refractivity contribution in [2.75, 3.05) is 0 Å². The van der Waals surface area contributed by atoms with Gasteiger partial charge in [0.15, 0.2) is 7.85 Å². The molecule has 0 saturated heterocycles. The third-order valence-corrected chi connectivity index (χ3v) is 0.478. The molecule has 0 aliphatic heterocycles. The van der Waals surface area contributed by atoms with E-state index in [-0.39, 0.29) is 0 Å². The summed E-state index contributed by atoms with van der Waals surface area (Å²) >= 11 is 0. The Bertz CT molecular complexity index is 59.8. The highest BCUT2D eigenvalue weighted by Gasteiger charge is 1.71. The van der Waals surface area contributed by atoms with E-state index in [9.17, 15) is 0 Å². The molecule has 0 unspecified atom stereocenters. The number of hydrogen-bond acceptors (Lipinski definition) is 3. The van der Waals surface area contributed by atoms with E-state index in [0.29, 0.717) is 0 Å². The Hall–Kier alpha value is -0.635. The zero-order valence-electron chi connectivity index (χ0n) is 3.73. The topological polar surface area (TPSA) is 64.1 Å². The maximum absolute atomic E-state index is 4.98. The number of nitrogens with two attached hydrogens (primary N) is 2. The average molecular weight is 84.9 g/mol. The lowest BCUT2D eigenvalue weighted by Crippen LogP contribution is -2.21. The minimum Gasteiger partial charge on any atom is -0.404 e. The molecule has 0 aromatic rings. The first kappa shape index (κ1) is 5.36. The van der Waals surface area contributed by atoms with E-state index < -0.39 is 0 Å².